The molecule has 8 rings (SSSR count). The van der Waals surface area contributed by atoms with Crippen molar-refractivity contribution in [1.29, 1.82) is 5.41 Å². The molecule has 46 heavy (non-hydrogen) atoms. The van der Waals surface area contributed by atoms with Crippen molar-refractivity contribution in [2.45, 2.75) is 18.3 Å². The Kier molecular flexibility index (Phi) is 6.80. The fraction of sp³-hybridized carbons (Fsp3) is 0.0698. The molecule has 220 valence electrons. The maximum absolute atomic E-state index is 8.70. The minimum Gasteiger partial charge on any atom is -0.383 e. The number of amidine groups is 2. The fourth-order valence-corrected chi connectivity index (χ4v) is 7.35. The lowest BCUT2D eigenvalue weighted by molar-refractivity contribution is 0.752. The van der Waals surface area contributed by atoms with Crippen molar-refractivity contribution < 1.29 is 0 Å². The molecule has 3 nitrogen and oxygen atoms in total. The summed E-state index contributed by atoms with van der Waals surface area (Å²) in [6, 6.07) is 48.8. The molecule has 0 saturated heterocycles. The van der Waals surface area contributed by atoms with Gasteiger partial charge in [-0.15, -0.1) is 0 Å². The molecular weight excluding hydrogens is 558 g/mol. The van der Waals surface area contributed by atoms with Gasteiger partial charge in [-0.1, -0.05) is 140 Å². The third kappa shape index (κ3) is 4.43. The molecule has 1 atom stereocenters. The third-order valence-corrected chi connectivity index (χ3v) is 9.43. The van der Waals surface area contributed by atoms with Crippen LogP contribution in [0.15, 0.2) is 168 Å². The van der Waals surface area contributed by atoms with Gasteiger partial charge >= 0.3 is 0 Å². The Balaban J connectivity index is 1.38. The van der Waals surface area contributed by atoms with Crippen molar-refractivity contribution in [3.63, 3.8) is 0 Å². The van der Waals surface area contributed by atoms with Gasteiger partial charge in [-0.25, -0.2) is 4.99 Å². The second-order valence-electron chi connectivity index (χ2n) is 12.0. The van der Waals surface area contributed by atoms with E-state index in [-0.39, 0.29) is 5.84 Å². The Morgan fingerprint density at radius 2 is 1.30 bits per heavy atom. The second kappa shape index (κ2) is 11.3. The smallest absolute Gasteiger partial charge is 0.154 e. The van der Waals surface area contributed by atoms with Gasteiger partial charge in [-0.3, -0.25) is 5.41 Å². The van der Waals surface area contributed by atoms with E-state index < -0.39 is 5.41 Å². The van der Waals surface area contributed by atoms with Crippen molar-refractivity contribution >= 4 is 22.4 Å². The maximum atomic E-state index is 8.70. The summed E-state index contributed by atoms with van der Waals surface area (Å²) in [5.41, 5.74) is 17.6. The number of fused-ring (bicyclic) bond motifs is 4. The Labute approximate surface area is 269 Å². The van der Waals surface area contributed by atoms with Gasteiger partial charge < -0.3 is 5.73 Å². The molecule has 2 aliphatic carbocycles. The first kappa shape index (κ1) is 27.7. The van der Waals surface area contributed by atoms with Crippen LogP contribution < -0.4 is 5.73 Å². The number of hydrogen-bond donors (Lipinski definition) is 2. The highest BCUT2D eigenvalue weighted by Crippen LogP contribution is 2.57. The predicted octanol–water partition coefficient (Wildman–Crippen LogP) is 9.83. The summed E-state index contributed by atoms with van der Waals surface area (Å²) >= 11 is 0. The molecular formula is C43H33N3. The Morgan fingerprint density at radius 1 is 0.630 bits per heavy atom. The largest absolute Gasteiger partial charge is 0.383 e. The van der Waals surface area contributed by atoms with Crippen LogP contribution in [0.25, 0.3) is 33.0 Å². The summed E-state index contributed by atoms with van der Waals surface area (Å²) in [5, 5.41) is 10.9. The van der Waals surface area contributed by atoms with E-state index in [2.05, 4.69) is 126 Å². The van der Waals surface area contributed by atoms with Gasteiger partial charge in [0.1, 0.15) is 5.84 Å². The van der Waals surface area contributed by atoms with Crippen LogP contribution in [0, 0.1) is 5.41 Å². The summed E-state index contributed by atoms with van der Waals surface area (Å²) in [6.45, 7) is 0. The molecule has 0 bridgehead atoms. The highest BCUT2D eigenvalue weighted by molar-refractivity contribution is 6.14. The molecule has 2 aliphatic rings. The van der Waals surface area contributed by atoms with Crippen LogP contribution in [-0.2, 0) is 5.41 Å². The number of nitrogens with zero attached hydrogens (tertiary/aromatic N) is 1. The molecule has 3 N–H and O–H groups in total. The van der Waals surface area contributed by atoms with Crippen LogP contribution in [0.5, 0.6) is 0 Å². The molecule has 0 aliphatic heterocycles. The number of nitrogens with one attached hydrogen (secondary N) is 1. The number of benzene rings is 6. The normalized spacial score (nSPS) is 17.0. The molecule has 3 heteroatoms. The van der Waals surface area contributed by atoms with E-state index in [1.54, 1.807) is 0 Å². The van der Waals surface area contributed by atoms with Gasteiger partial charge in [0.25, 0.3) is 0 Å². The third-order valence-electron chi connectivity index (χ3n) is 9.43. The predicted molar refractivity (Wildman–Crippen MR) is 192 cm³/mol. The first-order valence-electron chi connectivity index (χ1n) is 15.8. The van der Waals surface area contributed by atoms with Crippen LogP contribution in [0.4, 0.5) is 0 Å². The first-order chi connectivity index (χ1) is 22.6. The van der Waals surface area contributed by atoms with Gasteiger partial charge in [0.05, 0.1) is 5.41 Å². The zero-order valence-electron chi connectivity index (χ0n) is 25.4. The number of nitrogens with two attached hydrogens (primary N) is 1. The minimum atomic E-state index is -0.452. The highest BCUT2D eigenvalue weighted by atomic mass is 14.9. The lowest BCUT2D eigenvalue weighted by Gasteiger charge is -2.36. The second-order valence-corrected chi connectivity index (χ2v) is 12.0. The van der Waals surface area contributed by atoms with E-state index in [0.717, 1.165) is 45.9 Å². The topological polar surface area (TPSA) is 62.2 Å². The molecule has 1 unspecified atom stereocenters. The number of aliphatic imine (C=N–C) groups is 1. The molecule has 0 heterocycles. The average Bonchev–Trinajstić information content (AvgIpc) is 3.42. The van der Waals surface area contributed by atoms with Crippen LogP contribution in [-0.4, -0.2) is 11.7 Å². The number of rotatable bonds is 5. The monoisotopic (exact) mass is 591 g/mol. The van der Waals surface area contributed by atoms with Crippen molar-refractivity contribution in [1.82, 2.24) is 0 Å². The zero-order chi connectivity index (χ0) is 31.1. The standard InChI is InChI=1S/C43H33N3/c44-41(29-14-4-1-5-15-29)46-42(45)38-27-31-17-11-10-16-30(31)26-37(38)32-24-25-36-35-22-12-13-23-39(35)43(40(36)28-32,33-18-6-2-7-19-33)34-20-8-3-9-21-34/h1-2,4-8,10-28H,3,9H2,(H3,44,45,46). The van der Waals surface area contributed by atoms with Crippen molar-refractivity contribution in [3.8, 4) is 22.3 Å². The van der Waals surface area contributed by atoms with Crippen LogP contribution in [0.1, 0.15) is 40.7 Å². The minimum absolute atomic E-state index is 0.140. The van der Waals surface area contributed by atoms with Gasteiger partial charge in [0, 0.05) is 11.1 Å². The Hall–Kier alpha value is -5.80. The molecule has 6 aromatic carbocycles. The average molecular weight is 592 g/mol. The summed E-state index contributed by atoms with van der Waals surface area (Å²) in [4.78, 5) is 4.62. The lowest BCUT2D eigenvalue weighted by Crippen LogP contribution is -2.29. The first-order valence-corrected chi connectivity index (χ1v) is 15.8. The van der Waals surface area contributed by atoms with Crippen molar-refractivity contribution in [2.24, 2.45) is 10.7 Å². The van der Waals surface area contributed by atoms with Gasteiger partial charge in [0.2, 0.25) is 0 Å². The van der Waals surface area contributed by atoms with Crippen LogP contribution >= 0.6 is 0 Å². The Morgan fingerprint density at radius 3 is 2.07 bits per heavy atom. The molecule has 0 radical (unpaired) electrons. The molecule has 0 amide bonds. The van der Waals surface area contributed by atoms with E-state index in [4.69, 9.17) is 11.1 Å². The highest BCUT2D eigenvalue weighted by Gasteiger charge is 2.46. The van der Waals surface area contributed by atoms with E-state index in [1.165, 1.54) is 33.4 Å². The quantitative estimate of drug-likeness (QED) is 0.152. The SMILES string of the molecule is N=C(N=C(N)c1cc2ccccc2cc1-c1ccc2c(c1)C(C1=CCCC=C1)(c1ccccc1)c1ccccc1-2)c1ccccc1. The number of hydrogen-bond acceptors (Lipinski definition) is 1. The molecule has 0 saturated carbocycles. The van der Waals surface area contributed by atoms with E-state index in [1.807, 2.05) is 36.4 Å². The van der Waals surface area contributed by atoms with Crippen molar-refractivity contribution in [2.75, 3.05) is 0 Å². The van der Waals surface area contributed by atoms with Crippen LogP contribution in [0.2, 0.25) is 0 Å². The molecule has 0 aromatic heterocycles. The zero-order valence-corrected chi connectivity index (χ0v) is 25.4. The summed E-state index contributed by atoms with van der Waals surface area (Å²) in [5.74, 6) is 0.464. The fourth-order valence-electron chi connectivity index (χ4n) is 7.35. The molecule has 0 fully saturated rings. The Bertz CT molecular complexity index is 2220. The lowest BCUT2D eigenvalue weighted by atomic mass is 9.66. The van der Waals surface area contributed by atoms with Crippen LogP contribution in [0.3, 0.4) is 0 Å². The summed E-state index contributed by atoms with van der Waals surface area (Å²) in [7, 11) is 0. The van der Waals surface area contributed by atoms with E-state index in [0.29, 0.717) is 5.84 Å². The van der Waals surface area contributed by atoms with Gasteiger partial charge in [-0.05, 0) is 86.3 Å². The molecule has 6 aromatic rings. The van der Waals surface area contributed by atoms with Crippen molar-refractivity contribution in [3.05, 3.63) is 191 Å². The molecule has 0 spiro atoms. The summed E-state index contributed by atoms with van der Waals surface area (Å²) < 4.78 is 0. The maximum Gasteiger partial charge on any atom is 0.154 e. The van der Waals surface area contributed by atoms with E-state index >= 15 is 0 Å². The summed E-state index contributed by atoms with van der Waals surface area (Å²) in [6.07, 6.45) is 9.14. The number of allylic oxidation sites excluding steroid dienone is 4. The van der Waals surface area contributed by atoms with Gasteiger partial charge in [-0.2, -0.15) is 0 Å². The van der Waals surface area contributed by atoms with E-state index in [9.17, 15) is 0 Å². The van der Waals surface area contributed by atoms with Gasteiger partial charge in [0.15, 0.2) is 5.84 Å².